The molecule has 1 aliphatic rings. The highest BCUT2D eigenvalue weighted by molar-refractivity contribution is 5.80. The van der Waals surface area contributed by atoms with Crippen LogP contribution in [0.4, 0.5) is 0 Å². The third kappa shape index (κ3) is 3.91. The Bertz CT molecular complexity index is 309. The maximum Gasteiger partial charge on any atom is 0.234 e. The fraction of sp³-hybridized carbons (Fsp3) is 0.636. The number of terminal acetylenes is 1. The van der Waals surface area contributed by atoms with E-state index in [-0.39, 0.29) is 24.4 Å². The standard InChI is InChI=1S/C11H17N3O2/c1-3-6-12-7-10(15)13-9-4-5-11(16)14(2)8-9/h1,9,12H,4-8H2,2H3,(H,13,15). The van der Waals surface area contributed by atoms with E-state index in [0.29, 0.717) is 25.9 Å². The Morgan fingerprint density at radius 2 is 2.44 bits per heavy atom. The molecule has 0 saturated carbocycles. The number of hydrogen-bond acceptors (Lipinski definition) is 3. The quantitative estimate of drug-likeness (QED) is 0.472. The average molecular weight is 223 g/mol. The van der Waals surface area contributed by atoms with Gasteiger partial charge in [0, 0.05) is 26.1 Å². The largest absolute Gasteiger partial charge is 0.350 e. The Labute approximate surface area is 95.6 Å². The Kier molecular flexibility index (Phi) is 4.80. The van der Waals surface area contributed by atoms with Gasteiger partial charge >= 0.3 is 0 Å². The number of carbonyl (C=O) groups excluding carboxylic acids is 2. The Balaban J connectivity index is 2.24. The molecule has 1 atom stereocenters. The number of amides is 2. The molecule has 1 aliphatic heterocycles. The Morgan fingerprint density at radius 3 is 3.06 bits per heavy atom. The van der Waals surface area contributed by atoms with Crippen LogP contribution in [-0.4, -0.2) is 49.4 Å². The van der Waals surface area contributed by atoms with E-state index >= 15 is 0 Å². The molecule has 5 nitrogen and oxygen atoms in total. The predicted molar refractivity (Wildman–Crippen MR) is 60.5 cm³/mol. The van der Waals surface area contributed by atoms with E-state index < -0.39 is 0 Å². The summed E-state index contributed by atoms with van der Waals surface area (Å²) in [5.74, 6) is 2.45. The fourth-order valence-electron chi connectivity index (χ4n) is 1.66. The molecule has 0 aromatic heterocycles. The zero-order chi connectivity index (χ0) is 12.0. The zero-order valence-electron chi connectivity index (χ0n) is 9.45. The Morgan fingerprint density at radius 1 is 1.69 bits per heavy atom. The van der Waals surface area contributed by atoms with Crippen LogP contribution in [0.1, 0.15) is 12.8 Å². The second kappa shape index (κ2) is 6.13. The minimum atomic E-state index is -0.0806. The van der Waals surface area contributed by atoms with Gasteiger partial charge in [-0.15, -0.1) is 6.42 Å². The minimum absolute atomic E-state index is 0.0582. The molecule has 16 heavy (non-hydrogen) atoms. The molecule has 0 aromatic rings. The van der Waals surface area contributed by atoms with Crippen molar-refractivity contribution in [3.8, 4) is 12.3 Å². The van der Waals surface area contributed by atoms with Crippen molar-refractivity contribution in [2.75, 3.05) is 26.7 Å². The number of carbonyl (C=O) groups is 2. The highest BCUT2D eigenvalue weighted by Crippen LogP contribution is 2.09. The van der Waals surface area contributed by atoms with E-state index in [1.165, 1.54) is 0 Å². The second-order valence-corrected chi connectivity index (χ2v) is 3.89. The van der Waals surface area contributed by atoms with Crippen LogP contribution in [0, 0.1) is 12.3 Å². The summed E-state index contributed by atoms with van der Waals surface area (Å²) in [6, 6.07) is 0.0582. The maximum atomic E-state index is 11.4. The van der Waals surface area contributed by atoms with Crippen LogP contribution < -0.4 is 10.6 Å². The van der Waals surface area contributed by atoms with Crippen molar-refractivity contribution >= 4 is 11.8 Å². The third-order valence-corrected chi connectivity index (χ3v) is 2.50. The topological polar surface area (TPSA) is 61.4 Å². The monoisotopic (exact) mass is 223 g/mol. The molecule has 0 bridgehead atoms. The van der Waals surface area contributed by atoms with E-state index in [0.717, 1.165) is 0 Å². The van der Waals surface area contributed by atoms with Crippen LogP contribution in [0.25, 0.3) is 0 Å². The van der Waals surface area contributed by atoms with Crippen LogP contribution in [0.5, 0.6) is 0 Å². The van der Waals surface area contributed by atoms with Gasteiger partial charge < -0.3 is 10.2 Å². The van der Waals surface area contributed by atoms with E-state index in [9.17, 15) is 9.59 Å². The van der Waals surface area contributed by atoms with Gasteiger partial charge in [-0.2, -0.15) is 0 Å². The highest BCUT2D eigenvalue weighted by Gasteiger charge is 2.23. The lowest BCUT2D eigenvalue weighted by Gasteiger charge is -2.30. The first kappa shape index (κ1) is 12.5. The van der Waals surface area contributed by atoms with Crippen molar-refractivity contribution in [1.82, 2.24) is 15.5 Å². The summed E-state index contributed by atoms with van der Waals surface area (Å²) < 4.78 is 0. The summed E-state index contributed by atoms with van der Waals surface area (Å²) in [6.45, 7) is 1.19. The van der Waals surface area contributed by atoms with Crippen LogP contribution in [-0.2, 0) is 9.59 Å². The molecule has 1 unspecified atom stereocenters. The average Bonchev–Trinajstić information content (AvgIpc) is 2.24. The smallest absolute Gasteiger partial charge is 0.234 e. The van der Waals surface area contributed by atoms with Crippen molar-refractivity contribution in [3.05, 3.63) is 0 Å². The van der Waals surface area contributed by atoms with Gasteiger partial charge in [-0.25, -0.2) is 0 Å². The normalized spacial score (nSPS) is 20.4. The molecule has 0 spiro atoms. The van der Waals surface area contributed by atoms with Crippen LogP contribution in [0.15, 0.2) is 0 Å². The van der Waals surface area contributed by atoms with Crippen molar-refractivity contribution in [2.24, 2.45) is 0 Å². The van der Waals surface area contributed by atoms with Gasteiger partial charge in [-0.05, 0) is 6.42 Å². The van der Waals surface area contributed by atoms with Crippen LogP contribution >= 0.6 is 0 Å². The lowest BCUT2D eigenvalue weighted by molar-refractivity contribution is -0.133. The molecule has 88 valence electrons. The summed E-state index contributed by atoms with van der Waals surface area (Å²) in [6.07, 6.45) is 6.26. The molecule has 2 amide bonds. The zero-order valence-corrected chi connectivity index (χ0v) is 9.45. The van der Waals surface area contributed by atoms with Gasteiger partial charge in [-0.3, -0.25) is 14.9 Å². The van der Waals surface area contributed by atoms with Gasteiger partial charge in [0.2, 0.25) is 11.8 Å². The lowest BCUT2D eigenvalue weighted by Crippen LogP contribution is -2.50. The summed E-state index contributed by atoms with van der Waals surface area (Å²) in [5, 5.41) is 5.68. The van der Waals surface area contributed by atoms with Crippen molar-refractivity contribution in [3.63, 3.8) is 0 Å². The predicted octanol–water partition coefficient (Wildman–Crippen LogP) is -1.05. The second-order valence-electron chi connectivity index (χ2n) is 3.89. The Hall–Kier alpha value is -1.54. The van der Waals surface area contributed by atoms with Gasteiger partial charge in [0.1, 0.15) is 0 Å². The number of nitrogens with one attached hydrogen (secondary N) is 2. The molecule has 1 rings (SSSR count). The van der Waals surface area contributed by atoms with Crippen molar-refractivity contribution < 1.29 is 9.59 Å². The summed E-state index contributed by atoms with van der Waals surface area (Å²) in [7, 11) is 1.75. The highest BCUT2D eigenvalue weighted by atomic mass is 16.2. The fourth-order valence-corrected chi connectivity index (χ4v) is 1.66. The van der Waals surface area contributed by atoms with Gasteiger partial charge in [0.15, 0.2) is 0 Å². The lowest BCUT2D eigenvalue weighted by atomic mass is 10.1. The van der Waals surface area contributed by atoms with E-state index in [1.54, 1.807) is 11.9 Å². The number of rotatable bonds is 4. The number of likely N-dealkylation sites (N-methyl/N-ethyl adjacent to an activating group) is 1. The first-order valence-corrected chi connectivity index (χ1v) is 5.31. The molecule has 0 aliphatic carbocycles. The van der Waals surface area contributed by atoms with E-state index in [2.05, 4.69) is 16.6 Å². The van der Waals surface area contributed by atoms with Gasteiger partial charge in [0.05, 0.1) is 13.1 Å². The van der Waals surface area contributed by atoms with E-state index in [4.69, 9.17) is 6.42 Å². The number of nitrogens with zero attached hydrogens (tertiary/aromatic N) is 1. The third-order valence-electron chi connectivity index (χ3n) is 2.50. The molecule has 1 heterocycles. The van der Waals surface area contributed by atoms with E-state index in [1.807, 2.05) is 0 Å². The number of piperidine rings is 1. The summed E-state index contributed by atoms with van der Waals surface area (Å²) >= 11 is 0. The SMILES string of the molecule is C#CCNCC(=O)NC1CCC(=O)N(C)C1. The summed E-state index contributed by atoms with van der Waals surface area (Å²) in [4.78, 5) is 24.3. The van der Waals surface area contributed by atoms with Crippen molar-refractivity contribution in [1.29, 1.82) is 0 Å². The van der Waals surface area contributed by atoms with Gasteiger partial charge in [0.25, 0.3) is 0 Å². The maximum absolute atomic E-state index is 11.4. The first-order valence-electron chi connectivity index (χ1n) is 5.31. The van der Waals surface area contributed by atoms with Crippen LogP contribution in [0.3, 0.4) is 0 Å². The number of likely N-dealkylation sites (tertiary alicyclic amines) is 1. The molecule has 2 N–H and O–H groups in total. The number of hydrogen-bond donors (Lipinski definition) is 2. The molecular formula is C11H17N3O2. The molecular weight excluding hydrogens is 206 g/mol. The summed E-state index contributed by atoms with van der Waals surface area (Å²) in [5.41, 5.74) is 0. The van der Waals surface area contributed by atoms with Crippen LogP contribution in [0.2, 0.25) is 0 Å². The molecule has 0 aromatic carbocycles. The molecule has 1 fully saturated rings. The first-order chi connectivity index (χ1) is 7.63. The van der Waals surface area contributed by atoms with Crippen molar-refractivity contribution in [2.45, 2.75) is 18.9 Å². The van der Waals surface area contributed by atoms with Gasteiger partial charge in [-0.1, -0.05) is 5.92 Å². The molecule has 1 saturated heterocycles. The molecule has 5 heteroatoms. The molecule has 0 radical (unpaired) electrons. The minimum Gasteiger partial charge on any atom is -0.350 e.